The monoisotopic (exact) mass is 471 g/mol. The predicted molar refractivity (Wildman–Crippen MR) is 124 cm³/mol. The number of rotatable bonds is 10. The van der Waals surface area contributed by atoms with E-state index in [1.54, 1.807) is 25.1 Å². The Morgan fingerprint density at radius 1 is 0.939 bits per heavy atom. The van der Waals surface area contributed by atoms with Crippen LogP contribution in [-0.4, -0.2) is 48.4 Å². The summed E-state index contributed by atoms with van der Waals surface area (Å²) >= 11 is 0. The quantitative estimate of drug-likeness (QED) is 0.488. The Hall–Kier alpha value is -2.88. The third kappa shape index (κ3) is 4.75. The maximum Gasteiger partial charge on any atom is 0.262 e. The van der Waals surface area contributed by atoms with Crippen LogP contribution in [0.5, 0.6) is 11.5 Å². The van der Waals surface area contributed by atoms with E-state index in [4.69, 9.17) is 9.47 Å². The van der Waals surface area contributed by atoms with Crippen molar-refractivity contribution < 1.29 is 23.0 Å². The maximum absolute atomic E-state index is 13.7. The number of aliphatic hydroxyl groups is 1. The standard InChI is InChI=1S/C24H29N3O5S/c1-31-21-8-4-19(5-9-21)16-26(17-20-6-10-22(32-2)11-7-20)33(29,30)23-12-15-27(25-23)24(18-28)13-3-14-24/h4-12,15,28H,3,13-14,16-18H2,1-2H3. The van der Waals surface area contributed by atoms with Gasteiger partial charge in [-0.3, -0.25) is 4.68 Å². The molecule has 33 heavy (non-hydrogen) atoms. The zero-order chi connectivity index (χ0) is 23.5. The largest absolute Gasteiger partial charge is 0.497 e. The average Bonchev–Trinajstić information content (AvgIpc) is 3.30. The fraction of sp³-hybridized carbons (Fsp3) is 0.375. The van der Waals surface area contributed by atoms with Crippen LogP contribution >= 0.6 is 0 Å². The Kier molecular flexibility index (Phi) is 6.73. The summed E-state index contributed by atoms with van der Waals surface area (Å²) in [6.07, 6.45) is 4.21. The van der Waals surface area contributed by atoms with Crippen LogP contribution in [0, 0.1) is 0 Å². The van der Waals surface area contributed by atoms with E-state index < -0.39 is 15.6 Å². The van der Waals surface area contributed by atoms with Gasteiger partial charge in [-0.15, -0.1) is 0 Å². The molecule has 8 nitrogen and oxygen atoms in total. The van der Waals surface area contributed by atoms with E-state index in [2.05, 4.69) is 5.10 Å². The van der Waals surface area contributed by atoms with E-state index >= 15 is 0 Å². The third-order valence-corrected chi connectivity index (χ3v) is 7.95. The lowest BCUT2D eigenvalue weighted by atomic mass is 9.77. The van der Waals surface area contributed by atoms with Crippen LogP contribution in [0.15, 0.2) is 65.8 Å². The number of hydrogen-bond donors (Lipinski definition) is 1. The second kappa shape index (κ2) is 9.54. The van der Waals surface area contributed by atoms with Gasteiger partial charge in [0.1, 0.15) is 11.5 Å². The van der Waals surface area contributed by atoms with Gasteiger partial charge in [0.2, 0.25) is 0 Å². The molecule has 0 radical (unpaired) electrons. The van der Waals surface area contributed by atoms with Crippen molar-refractivity contribution >= 4 is 10.0 Å². The summed E-state index contributed by atoms with van der Waals surface area (Å²) in [4.78, 5) is 0. The first-order valence-electron chi connectivity index (χ1n) is 10.8. The third-order valence-electron chi connectivity index (χ3n) is 6.27. The van der Waals surface area contributed by atoms with E-state index in [0.717, 1.165) is 30.4 Å². The second-order valence-corrected chi connectivity index (χ2v) is 10.2. The lowest BCUT2D eigenvalue weighted by Gasteiger charge is -2.40. The zero-order valence-corrected chi connectivity index (χ0v) is 19.7. The Morgan fingerprint density at radius 3 is 1.85 bits per heavy atom. The molecule has 0 spiro atoms. The van der Waals surface area contributed by atoms with E-state index in [0.29, 0.717) is 11.5 Å². The second-order valence-electron chi connectivity index (χ2n) is 8.30. The summed E-state index contributed by atoms with van der Waals surface area (Å²) in [5, 5.41) is 14.2. The van der Waals surface area contributed by atoms with Crippen molar-refractivity contribution in [1.29, 1.82) is 0 Å². The predicted octanol–water partition coefficient (Wildman–Crippen LogP) is 3.16. The van der Waals surface area contributed by atoms with E-state index in [1.807, 2.05) is 48.5 Å². The summed E-state index contributed by atoms with van der Waals surface area (Å²) in [7, 11) is -0.723. The molecular weight excluding hydrogens is 442 g/mol. The molecular formula is C24H29N3O5S. The first-order chi connectivity index (χ1) is 15.9. The first-order valence-corrected chi connectivity index (χ1v) is 12.3. The van der Waals surface area contributed by atoms with Crippen LogP contribution in [0.1, 0.15) is 30.4 Å². The van der Waals surface area contributed by atoms with Gasteiger partial charge in [-0.25, -0.2) is 8.42 Å². The molecule has 4 rings (SSSR count). The molecule has 2 aromatic carbocycles. The van der Waals surface area contributed by atoms with Crippen molar-refractivity contribution in [1.82, 2.24) is 14.1 Å². The smallest absolute Gasteiger partial charge is 0.262 e. The van der Waals surface area contributed by atoms with E-state index in [9.17, 15) is 13.5 Å². The summed E-state index contributed by atoms with van der Waals surface area (Å²) < 4.78 is 40.8. The SMILES string of the molecule is COc1ccc(CN(Cc2ccc(OC)cc2)S(=O)(=O)c2ccn(C3(CO)CCC3)n2)cc1. The summed E-state index contributed by atoms with van der Waals surface area (Å²) in [5.41, 5.74) is 1.17. The van der Waals surface area contributed by atoms with Gasteiger partial charge in [-0.1, -0.05) is 24.3 Å². The van der Waals surface area contributed by atoms with E-state index in [-0.39, 0.29) is 24.7 Å². The van der Waals surface area contributed by atoms with Crippen LogP contribution in [-0.2, 0) is 28.7 Å². The summed E-state index contributed by atoms with van der Waals surface area (Å²) in [5.74, 6) is 1.41. The molecule has 0 unspecified atom stereocenters. The Balaban J connectivity index is 1.65. The zero-order valence-electron chi connectivity index (χ0n) is 18.8. The molecule has 0 amide bonds. The van der Waals surface area contributed by atoms with Crippen molar-refractivity contribution in [3.8, 4) is 11.5 Å². The number of ether oxygens (including phenoxy) is 2. The molecule has 1 aliphatic rings. The van der Waals surface area contributed by atoms with Gasteiger partial charge in [0.25, 0.3) is 10.0 Å². The molecule has 0 bridgehead atoms. The van der Waals surface area contributed by atoms with Crippen LogP contribution in [0.4, 0.5) is 0 Å². The molecule has 3 aromatic rings. The Morgan fingerprint density at radius 2 is 1.45 bits per heavy atom. The highest BCUT2D eigenvalue weighted by molar-refractivity contribution is 7.89. The van der Waals surface area contributed by atoms with Crippen molar-refractivity contribution in [2.24, 2.45) is 0 Å². The van der Waals surface area contributed by atoms with Crippen molar-refractivity contribution in [3.05, 3.63) is 71.9 Å². The molecule has 1 saturated carbocycles. The van der Waals surface area contributed by atoms with Gasteiger partial charge in [0.15, 0.2) is 5.03 Å². The van der Waals surface area contributed by atoms with Crippen molar-refractivity contribution in [3.63, 3.8) is 0 Å². The fourth-order valence-electron chi connectivity index (χ4n) is 3.98. The lowest BCUT2D eigenvalue weighted by molar-refractivity contribution is 0.0427. The molecule has 1 fully saturated rings. The fourth-order valence-corrected chi connectivity index (χ4v) is 5.31. The van der Waals surface area contributed by atoms with Crippen LogP contribution < -0.4 is 9.47 Å². The molecule has 9 heteroatoms. The molecule has 1 heterocycles. The first kappa shape index (κ1) is 23.3. The summed E-state index contributed by atoms with van der Waals surface area (Å²) in [6, 6.07) is 16.2. The number of methoxy groups -OCH3 is 2. The number of benzene rings is 2. The highest BCUT2D eigenvalue weighted by Crippen LogP contribution is 2.38. The minimum Gasteiger partial charge on any atom is -0.497 e. The number of aromatic nitrogens is 2. The normalized spacial score (nSPS) is 15.3. The number of nitrogens with zero attached hydrogens (tertiary/aromatic N) is 3. The van der Waals surface area contributed by atoms with Gasteiger partial charge < -0.3 is 14.6 Å². The van der Waals surface area contributed by atoms with Crippen LogP contribution in [0.25, 0.3) is 0 Å². The molecule has 1 N–H and O–H groups in total. The van der Waals surface area contributed by atoms with Crippen LogP contribution in [0.3, 0.4) is 0 Å². The average molecular weight is 472 g/mol. The molecule has 0 saturated heterocycles. The van der Waals surface area contributed by atoms with Crippen molar-refractivity contribution in [2.75, 3.05) is 20.8 Å². The lowest BCUT2D eigenvalue weighted by Crippen LogP contribution is -2.44. The highest BCUT2D eigenvalue weighted by atomic mass is 32.2. The molecule has 1 aliphatic carbocycles. The minimum atomic E-state index is -3.90. The molecule has 176 valence electrons. The van der Waals surface area contributed by atoms with E-state index in [1.165, 1.54) is 10.4 Å². The number of hydrogen-bond acceptors (Lipinski definition) is 6. The summed E-state index contributed by atoms with van der Waals surface area (Å²) in [6.45, 7) is 0.294. The van der Waals surface area contributed by atoms with Gasteiger partial charge >= 0.3 is 0 Å². The molecule has 0 aliphatic heterocycles. The van der Waals surface area contributed by atoms with Gasteiger partial charge in [-0.05, 0) is 60.7 Å². The van der Waals surface area contributed by atoms with Gasteiger partial charge in [0.05, 0.1) is 26.4 Å². The topological polar surface area (TPSA) is 93.9 Å². The van der Waals surface area contributed by atoms with Gasteiger partial charge in [-0.2, -0.15) is 9.40 Å². The molecule has 1 aromatic heterocycles. The number of aliphatic hydroxyl groups excluding tert-OH is 1. The van der Waals surface area contributed by atoms with Gasteiger partial charge in [0, 0.05) is 19.3 Å². The number of sulfonamides is 1. The highest BCUT2D eigenvalue weighted by Gasteiger charge is 2.40. The maximum atomic E-state index is 13.7. The van der Waals surface area contributed by atoms with Crippen molar-refractivity contribution in [2.45, 2.75) is 42.9 Å². The van der Waals surface area contributed by atoms with Crippen LogP contribution in [0.2, 0.25) is 0 Å². The Bertz CT molecular complexity index is 1110. The molecule has 0 atom stereocenters. The Labute approximate surface area is 194 Å². The minimum absolute atomic E-state index is 0.0238.